The Morgan fingerprint density at radius 2 is 1.67 bits per heavy atom. The zero-order valence-corrected chi connectivity index (χ0v) is 12.8. The minimum absolute atomic E-state index is 0.128. The molecule has 0 spiro atoms. The Balaban J connectivity index is 2.02. The van der Waals surface area contributed by atoms with Crippen molar-refractivity contribution in [2.75, 3.05) is 19.6 Å². The van der Waals surface area contributed by atoms with Gasteiger partial charge in [0.15, 0.2) is 0 Å². The molecule has 0 aromatic heterocycles. The number of benzene rings is 1. The molecule has 0 unspecified atom stereocenters. The Morgan fingerprint density at radius 3 is 2.14 bits per heavy atom. The number of nitrogens with zero attached hydrogens (tertiary/aromatic N) is 1. The lowest BCUT2D eigenvalue weighted by atomic mass is 9.66. The summed E-state index contributed by atoms with van der Waals surface area (Å²) in [6.07, 6.45) is -1.44. The first-order chi connectivity index (χ1) is 9.81. The molecule has 1 aromatic rings. The molecular weight excluding hydrogens is 275 g/mol. The van der Waals surface area contributed by atoms with Crippen LogP contribution in [0.15, 0.2) is 30.3 Å². The summed E-state index contributed by atoms with van der Waals surface area (Å²) in [7, 11) is 0. The van der Waals surface area contributed by atoms with Gasteiger partial charge in [-0.3, -0.25) is 4.90 Å². The predicted molar refractivity (Wildman–Crippen MR) is 79.1 cm³/mol. The minimum atomic E-state index is -4.09. The van der Waals surface area contributed by atoms with E-state index in [0.717, 1.165) is 19.3 Å². The second kappa shape index (κ2) is 6.39. The van der Waals surface area contributed by atoms with E-state index in [2.05, 4.69) is 26.0 Å². The van der Waals surface area contributed by atoms with E-state index in [-0.39, 0.29) is 5.41 Å². The molecule has 1 aliphatic rings. The Labute approximate surface area is 125 Å². The van der Waals surface area contributed by atoms with Gasteiger partial charge < -0.3 is 0 Å². The molecule has 1 saturated heterocycles. The van der Waals surface area contributed by atoms with Gasteiger partial charge in [0.25, 0.3) is 0 Å². The SMILES string of the molecule is CC(C)C1(Cc2ccccc2)CCN(CC(F)(F)F)CC1. The van der Waals surface area contributed by atoms with Crippen LogP contribution in [0.25, 0.3) is 0 Å². The van der Waals surface area contributed by atoms with E-state index in [4.69, 9.17) is 0 Å². The Kier molecular flexibility index (Phi) is 4.97. The average molecular weight is 299 g/mol. The molecule has 0 amide bonds. The van der Waals surface area contributed by atoms with Crippen LogP contribution in [0.3, 0.4) is 0 Å². The van der Waals surface area contributed by atoms with Gasteiger partial charge in [0.1, 0.15) is 0 Å². The van der Waals surface area contributed by atoms with Crippen molar-refractivity contribution in [1.29, 1.82) is 0 Å². The van der Waals surface area contributed by atoms with Crippen LogP contribution in [0.2, 0.25) is 0 Å². The van der Waals surface area contributed by atoms with Gasteiger partial charge in [-0.1, -0.05) is 44.2 Å². The normalized spacial score (nSPS) is 19.9. The van der Waals surface area contributed by atoms with Crippen molar-refractivity contribution in [1.82, 2.24) is 4.90 Å². The maximum absolute atomic E-state index is 12.5. The van der Waals surface area contributed by atoms with Crippen LogP contribution in [0.4, 0.5) is 13.2 Å². The van der Waals surface area contributed by atoms with E-state index < -0.39 is 12.7 Å². The van der Waals surface area contributed by atoms with Crippen molar-refractivity contribution >= 4 is 0 Å². The lowest BCUT2D eigenvalue weighted by Crippen LogP contribution is -2.46. The number of likely N-dealkylation sites (tertiary alicyclic amines) is 1. The Hall–Kier alpha value is -1.03. The average Bonchev–Trinajstić information content (AvgIpc) is 2.40. The largest absolute Gasteiger partial charge is 0.401 e. The van der Waals surface area contributed by atoms with E-state index in [1.165, 1.54) is 5.56 Å². The van der Waals surface area contributed by atoms with Crippen molar-refractivity contribution in [2.24, 2.45) is 11.3 Å². The molecule has 0 bridgehead atoms. The smallest absolute Gasteiger partial charge is 0.295 e. The molecule has 1 fully saturated rings. The lowest BCUT2D eigenvalue weighted by molar-refractivity contribution is -0.151. The molecule has 1 heterocycles. The standard InChI is InChI=1S/C17H24F3N/c1-14(2)16(12-15-6-4-3-5-7-15)8-10-21(11-9-16)13-17(18,19)20/h3-7,14H,8-13H2,1-2H3. The van der Waals surface area contributed by atoms with E-state index in [1.54, 1.807) is 4.90 Å². The van der Waals surface area contributed by atoms with Gasteiger partial charge in [0.2, 0.25) is 0 Å². The second-order valence-corrected chi connectivity index (χ2v) is 6.57. The summed E-state index contributed by atoms with van der Waals surface area (Å²) in [5, 5.41) is 0. The molecule has 1 aromatic carbocycles. The van der Waals surface area contributed by atoms with Crippen LogP contribution in [-0.2, 0) is 6.42 Å². The van der Waals surface area contributed by atoms with Gasteiger partial charge in [-0.15, -0.1) is 0 Å². The van der Waals surface area contributed by atoms with Gasteiger partial charge in [-0.05, 0) is 49.2 Å². The number of halogens is 3. The number of piperidine rings is 1. The monoisotopic (exact) mass is 299 g/mol. The van der Waals surface area contributed by atoms with Crippen LogP contribution in [0.5, 0.6) is 0 Å². The highest BCUT2D eigenvalue weighted by molar-refractivity contribution is 5.17. The van der Waals surface area contributed by atoms with Gasteiger partial charge in [0, 0.05) is 0 Å². The minimum Gasteiger partial charge on any atom is -0.295 e. The topological polar surface area (TPSA) is 3.24 Å². The summed E-state index contributed by atoms with van der Waals surface area (Å²) >= 11 is 0. The quantitative estimate of drug-likeness (QED) is 0.789. The first-order valence-electron chi connectivity index (χ1n) is 7.64. The zero-order valence-electron chi connectivity index (χ0n) is 12.8. The second-order valence-electron chi connectivity index (χ2n) is 6.57. The fraction of sp³-hybridized carbons (Fsp3) is 0.647. The molecule has 4 heteroatoms. The van der Waals surface area contributed by atoms with Crippen molar-refractivity contribution in [2.45, 2.75) is 39.3 Å². The van der Waals surface area contributed by atoms with Crippen LogP contribution in [0, 0.1) is 11.3 Å². The highest BCUT2D eigenvalue weighted by Gasteiger charge is 2.40. The zero-order chi connectivity index (χ0) is 15.5. The van der Waals surface area contributed by atoms with Crippen molar-refractivity contribution in [3.8, 4) is 0 Å². The first kappa shape index (κ1) is 16.3. The molecule has 118 valence electrons. The number of hydrogen-bond donors (Lipinski definition) is 0. The summed E-state index contributed by atoms with van der Waals surface area (Å²) in [4.78, 5) is 1.55. The molecule has 0 N–H and O–H groups in total. The summed E-state index contributed by atoms with van der Waals surface area (Å²) in [5.74, 6) is 0.478. The Bertz CT molecular complexity index is 431. The van der Waals surface area contributed by atoms with Crippen molar-refractivity contribution in [3.63, 3.8) is 0 Å². The van der Waals surface area contributed by atoms with E-state index in [1.807, 2.05) is 18.2 Å². The molecule has 1 nitrogen and oxygen atoms in total. The van der Waals surface area contributed by atoms with Crippen molar-refractivity contribution in [3.05, 3.63) is 35.9 Å². The lowest BCUT2D eigenvalue weighted by Gasteiger charge is -2.45. The summed E-state index contributed by atoms with van der Waals surface area (Å²) in [6, 6.07) is 10.3. The van der Waals surface area contributed by atoms with E-state index in [9.17, 15) is 13.2 Å². The fourth-order valence-corrected chi connectivity index (χ4v) is 3.37. The van der Waals surface area contributed by atoms with Crippen LogP contribution >= 0.6 is 0 Å². The summed E-state index contributed by atoms with van der Waals surface area (Å²) in [5.41, 5.74) is 1.42. The molecule has 0 atom stereocenters. The number of alkyl halides is 3. The van der Waals surface area contributed by atoms with Gasteiger partial charge in [-0.2, -0.15) is 13.2 Å². The fourth-order valence-electron chi connectivity index (χ4n) is 3.37. The predicted octanol–water partition coefficient (Wildman–Crippen LogP) is 4.53. The van der Waals surface area contributed by atoms with E-state index >= 15 is 0 Å². The van der Waals surface area contributed by atoms with Crippen LogP contribution in [0.1, 0.15) is 32.3 Å². The molecule has 0 saturated carbocycles. The highest BCUT2D eigenvalue weighted by atomic mass is 19.4. The molecule has 0 aliphatic carbocycles. The first-order valence-corrected chi connectivity index (χ1v) is 7.64. The molecule has 2 rings (SSSR count). The Morgan fingerprint density at radius 1 is 1.10 bits per heavy atom. The number of hydrogen-bond acceptors (Lipinski definition) is 1. The van der Waals surface area contributed by atoms with Gasteiger partial charge in [-0.25, -0.2) is 0 Å². The maximum Gasteiger partial charge on any atom is 0.401 e. The van der Waals surface area contributed by atoms with Crippen LogP contribution in [-0.4, -0.2) is 30.7 Å². The molecule has 21 heavy (non-hydrogen) atoms. The summed E-state index contributed by atoms with van der Waals surface area (Å²) in [6.45, 7) is 4.71. The third-order valence-corrected chi connectivity index (χ3v) is 4.88. The third kappa shape index (κ3) is 4.47. The maximum atomic E-state index is 12.5. The molecule has 0 radical (unpaired) electrons. The molecule has 1 aliphatic heterocycles. The van der Waals surface area contributed by atoms with Gasteiger partial charge >= 0.3 is 6.18 Å². The van der Waals surface area contributed by atoms with E-state index in [0.29, 0.717) is 19.0 Å². The van der Waals surface area contributed by atoms with Gasteiger partial charge in [0.05, 0.1) is 6.54 Å². The third-order valence-electron chi connectivity index (χ3n) is 4.88. The van der Waals surface area contributed by atoms with Crippen molar-refractivity contribution < 1.29 is 13.2 Å². The van der Waals surface area contributed by atoms with Crippen LogP contribution < -0.4 is 0 Å². The summed E-state index contributed by atoms with van der Waals surface area (Å²) < 4.78 is 37.5. The number of rotatable bonds is 4. The highest BCUT2D eigenvalue weighted by Crippen LogP contribution is 2.42. The molecular formula is C17H24F3N.